The molecule has 4 heteroatoms. The lowest BCUT2D eigenvalue weighted by atomic mass is 9.86. The highest BCUT2D eigenvalue weighted by atomic mass is 16.3. The molecule has 1 aliphatic heterocycles. The van der Waals surface area contributed by atoms with Gasteiger partial charge in [0.05, 0.1) is 6.26 Å². The standard InChI is InChI=1S/C21H28N2O2/c1-21(2,3)18-8-6-16(7-9-18)10-12-22-20(24)23-13-11-17(15-23)19-5-4-14-25-19/h4-9,14,17H,10-13,15H2,1-3H3,(H,22,24). The normalized spacial score (nSPS) is 17.7. The summed E-state index contributed by atoms with van der Waals surface area (Å²) >= 11 is 0. The Labute approximate surface area is 150 Å². The van der Waals surface area contributed by atoms with Crippen molar-refractivity contribution >= 4 is 6.03 Å². The number of hydrogen-bond acceptors (Lipinski definition) is 2. The second-order valence-electron chi connectivity index (χ2n) is 7.88. The van der Waals surface area contributed by atoms with Crippen LogP contribution >= 0.6 is 0 Å². The number of furan rings is 1. The molecule has 1 atom stereocenters. The van der Waals surface area contributed by atoms with Gasteiger partial charge in [0.1, 0.15) is 5.76 Å². The van der Waals surface area contributed by atoms with Gasteiger partial charge in [-0.1, -0.05) is 45.0 Å². The van der Waals surface area contributed by atoms with Crippen molar-refractivity contribution in [3.8, 4) is 0 Å². The number of carbonyl (C=O) groups excluding carboxylic acids is 1. The number of rotatable bonds is 4. The average Bonchev–Trinajstić information content (AvgIpc) is 3.25. The number of nitrogens with one attached hydrogen (secondary N) is 1. The Bertz CT molecular complexity index is 684. The summed E-state index contributed by atoms with van der Waals surface area (Å²) in [6.45, 7) is 8.84. The van der Waals surface area contributed by atoms with Gasteiger partial charge in [-0.25, -0.2) is 4.79 Å². The van der Waals surface area contributed by atoms with Crippen LogP contribution in [0.4, 0.5) is 4.79 Å². The molecule has 1 saturated heterocycles. The first kappa shape index (κ1) is 17.6. The Balaban J connectivity index is 1.44. The van der Waals surface area contributed by atoms with Gasteiger partial charge in [0, 0.05) is 25.6 Å². The van der Waals surface area contributed by atoms with E-state index in [9.17, 15) is 4.79 Å². The third-order valence-corrected chi connectivity index (χ3v) is 4.93. The van der Waals surface area contributed by atoms with E-state index in [1.165, 1.54) is 11.1 Å². The van der Waals surface area contributed by atoms with Gasteiger partial charge in [0.15, 0.2) is 0 Å². The molecule has 0 aliphatic carbocycles. The maximum atomic E-state index is 12.3. The number of likely N-dealkylation sites (tertiary alicyclic amines) is 1. The number of hydrogen-bond donors (Lipinski definition) is 1. The lowest BCUT2D eigenvalue weighted by Crippen LogP contribution is -2.39. The molecule has 1 aromatic heterocycles. The van der Waals surface area contributed by atoms with Crippen LogP contribution in [0.1, 0.15) is 50.0 Å². The van der Waals surface area contributed by atoms with Crippen LogP contribution in [0.2, 0.25) is 0 Å². The molecule has 0 saturated carbocycles. The zero-order valence-electron chi connectivity index (χ0n) is 15.4. The van der Waals surface area contributed by atoms with Crippen molar-refractivity contribution in [3.63, 3.8) is 0 Å². The number of benzene rings is 1. The van der Waals surface area contributed by atoms with Gasteiger partial charge >= 0.3 is 6.03 Å². The van der Waals surface area contributed by atoms with E-state index in [0.29, 0.717) is 12.5 Å². The number of nitrogens with zero attached hydrogens (tertiary/aromatic N) is 1. The molecule has 1 aliphatic rings. The highest BCUT2D eigenvalue weighted by Gasteiger charge is 2.28. The van der Waals surface area contributed by atoms with Crippen molar-refractivity contribution in [3.05, 3.63) is 59.5 Å². The average molecular weight is 340 g/mol. The van der Waals surface area contributed by atoms with Crippen LogP contribution in [0, 0.1) is 0 Å². The van der Waals surface area contributed by atoms with Crippen molar-refractivity contribution in [1.82, 2.24) is 10.2 Å². The number of urea groups is 1. The fraction of sp³-hybridized carbons (Fsp3) is 0.476. The minimum absolute atomic E-state index is 0.0281. The van der Waals surface area contributed by atoms with Crippen LogP contribution in [-0.4, -0.2) is 30.6 Å². The quantitative estimate of drug-likeness (QED) is 0.901. The lowest BCUT2D eigenvalue weighted by molar-refractivity contribution is 0.208. The Morgan fingerprint density at radius 3 is 2.64 bits per heavy atom. The van der Waals surface area contributed by atoms with Gasteiger partial charge in [0.2, 0.25) is 0 Å². The molecule has 2 aromatic rings. The van der Waals surface area contributed by atoms with Crippen LogP contribution in [0.3, 0.4) is 0 Å². The first-order valence-electron chi connectivity index (χ1n) is 9.09. The molecule has 0 spiro atoms. The SMILES string of the molecule is CC(C)(C)c1ccc(CCNC(=O)N2CCC(c3ccco3)C2)cc1. The van der Waals surface area contributed by atoms with E-state index < -0.39 is 0 Å². The van der Waals surface area contributed by atoms with Crippen molar-refractivity contribution in [2.75, 3.05) is 19.6 Å². The van der Waals surface area contributed by atoms with Crippen LogP contribution in [0.5, 0.6) is 0 Å². The highest BCUT2D eigenvalue weighted by Crippen LogP contribution is 2.27. The second kappa shape index (κ2) is 7.34. The molecule has 1 N–H and O–H groups in total. The first-order valence-corrected chi connectivity index (χ1v) is 9.09. The molecule has 4 nitrogen and oxygen atoms in total. The van der Waals surface area contributed by atoms with Crippen molar-refractivity contribution < 1.29 is 9.21 Å². The number of carbonyl (C=O) groups is 1. The van der Waals surface area contributed by atoms with E-state index in [1.807, 2.05) is 17.0 Å². The lowest BCUT2D eigenvalue weighted by Gasteiger charge is -2.19. The van der Waals surface area contributed by atoms with Gasteiger partial charge in [-0.15, -0.1) is 0 Å². The van der Waals surface area contributed by atoms with Crippen LogP contribution in [0.25, 0.3) is 0 Å². The Kier molecular flexibility index (Phi) is 5.16. The van der Waals surface area contributed by atoms with Crippen LogP contribution in [-0.2, 0) is 11.8 Å². The summed E-state index contributed by atoms with van der Waals surface area (Å²) < 4.78 is 5.46. The predicted molar refractivity (Wildman–Crippen MR) is 99.9 cm³/mol. The second-order valence-corrected chi connectivity index (χ2v) is 7.88. The first-order chi connectivity index (χ1) is 11.9. The number of amides is 2. The fourth-order valence-corrected chi connectivity index (χ4v) is 3.30. The maximum absolute atomic E-state index is 12.3. The minimum Gasteiger partial charge on any atom is -0.469 e. The molecule has 0 radical (unpaired) electrons. The molecule has 1 aromatic carbocycles. The molecular formula is C21H28N2O2. The van der Waals surface area contributed by atoms with E-state index in [0.717, 1.165) is 31.7 Å². The van der Waals surface area contributed by atoms with E-state index in [2.05, 4.69) is 50.4 Å². The monoisotopic (exact) mass is 340 g/mol. The smallest absolute Gasteiger partial charge is 0.317 e. The molecular weight excluding hydrogens is 312 g/mol. The fourth-order valence-electron chi connectivity index (χ4n) is 3.30. The molecule has 0 bridgehead atoms. The highest BCUT2D eigenvalue weighted by molar-refractivity contribution is 5.74. The van der Waals surface area contributed by atoms with Crippen LogP contribution in [0.15, 0.2) is 47.1 Å². The molecule has 25 heavy (non-hydrogen) atoms. The summed E-state index contributed by atoms with van der Waals surface area (Å²) in [5.74, 6) is 1.31. The molecule has 1 fully saturated rings. The Hall–Kier alpha value is -2.23. The summed E-state index contributed by atoms with van der Waals surface area (Å²) in [6, 6.07) is 12.6. The molecule has 2 heterocycles. The van der Waals surface area contributed by atoms with Crippen molar-refractivity contribution in [2.45, 2.75) is 44.9 Å². The van der Waals surface area contributed by atoms with Gasteiger partial charge in [-0.3, -0.25) is 0 Å². The zero-order chi connectivity index (χ0) is 17.9. The summed E-state index contributed by atoms with van der Waals surface area (Å²) in [5, 5.41) is 3.04. The predicted octanol–water partition coefficient (Wildman–Crippen LogP) is 4.32. The minimum atomic E-state index is 0.0281. The summed E-state index contributed by atoms with van der Waals surface area (Å²) in [7, 11) is 0. The maximum Gasteiger partial charge on any atom is 0.317 e. The third kappa shape index (κ3) is 4.44. The summed E-state index contributed by atoms with van der Waals surface area (Å²) in [4.78, 5) is 14.2. The van der Waals surface area contributed by atoms with E-state index >= 15 is 0 Å². The van der Waals surface area contributed by atoms with E-state index in [4.69, 9.17) is 4.42 Å². The molecule has 134 valence electrons. The van der Waals surface area contributed by atoms with Gasteiger partial charge < -0.3 is 14.6 Å². The molecule has 1 unspecified atom stereocenters. The largest absolute Gasteiger partial charge is 0.469 e. The van der Waals surface area contributed by atoms with Crippen LogP contribution < -0.4 is 5.32 Å². The van der Waals surface area contributed by atoms with E-state index in [1.54, 1.807) is 6.26 Å². The van der Waals surface area contributed by atoms with Crippen molar-refractivity contribution in [1.29, 1.82) is 0 Å². The molecule has 2 amide bonds. The Morgan fingerprint density at radius 2 is 2.00 bits per heavy atom. The topological polar surface area (TPSA) is 45.5 Å². The van der Waals surface area contributed by atoms with Crippen molar-refractivity contribution in [2.24, 2.45) is 0 Å². The Morgan fingerprint density at radius 1 is 1.24 bits per heavy atom. The van der Waals surface area contributed by atoms with Gasteiger partial charge in [-0.05, 0) is 41.5 Å². The van der Waals surface area contributed by atoms with E-state index in [-0.39, 0.29) is 11.4 Å². The van der Waals surface area contributed by atoms with Gasteiger partial charge in [0.25, 0.3) is 0 Å². The molecule has 3 rings (SSSR count). The third-order valence-electron chi connectivity index (χ3n) is 4.93. The van der Waals surface area contributed by atoms with Gasteiger partial charge in [-0.2, -0.15) is 0 Å². The summed E-state index contributed by atoms with van der Waals surface area (Å²) in [5.41, 5.74) is 2.76. The summed E-state index contributed by atoms with van der Waals surface area (Å²) in [6.07, 6.45) is 3.52. The zero-order valence-corrected chi connectivity index (χ0v) is 15.4.